The first kappa shape index (κ1) is 20.7. The molecule has 0 aliphatic rings. The average Bonchev–Trinajstić information content (AvgIpc) is 3.15. The van der Waals surface area contributed by atoms with Gasteiger partial charge >= 0.3 is 0 Å². The Bertz CT molecular complexity index is 1270. The maximum atomic E-state index is 13.1. The molecule has 11 heteroatoms. The van der Waals surface area contributed by atoms with E-state index in [2.05, 4.69) is 25.6 Å². The Hall–Kier alpha value is -3.60. The summed E-state index contributed by atoms with van der Waals surface area (Å²) in [5, 5.41) is 10.5. The van der Waals surface area contributed by atoms with Crippen molar-refractivity contribution in [2.75, 3.05) is 11.1 Å². The van der Waals surface area contributed by atoms with Crippen LogP contribution in [-0.2, 0) is 17.1 Å². The lowest BCUT2D eigenvalue weighted by molar-refractivity contribution is -0.113. The number of aromatic amines is 1. The number of H-pyrrole nitrogens is 1. The van der Waals surface area contributed by atoms with Crippen molar-refractivity contribution >= 4 is 34.5 Å². The molecular formula is C20H16F2N6O2S. The smallest absolute Gasteiger partial charge is 0.281 e. The van der Waals surface area contributed by atoms with Crippen molar-refractivity contribution in [3.05, 3.63) is 81.9 Å². The number of anilines is 1. The van der Waals surface area contributed by atoms with Gasteiger partial charge in [0, 0.05) is 12.1 Å². The number of benzene rings is 2. The van der Waals surface area contributed by atoms with Crippen LogP contribution in [0, 0.1) is 11.6 Å². The Morgan fingerprint density at radius 3 is 2.45 bits per heavy atom. The van der Waals surface area contributed by atoms with Crippen LogP contribution in [-0.4, -0.2) is 36.6 Å². The number of hydrogen-bond acceptors (Lipinski definition) is 6. The molecule has 0 saturated heterocycles. The molecule has 0 aliphatic heterocycles. The van der Waals surface area contributed by atoms with Gasteiger partial charge < -0.3 is 10.3 Å². The minimum atomic E-state index is -0.424. The van der Waals surface area contributed by atoms with Crippen LogP contribution < -0.4 is 10.9 Å². The number of rotatable bonds is 7. The van der Waals surface area contributed by atoms with E-state index in [1.54, 1.807) is 12.1 Å². The van der Waals surface area contributed by atoms with Crippen molar-refractivity contribution in [2.24, 2.45) is 0 Å². The molecule has 2 N–H and O–H groups in total. The third kappa shape index (κ3) is 5.12. The van der Waals surface area contributed by atoms with Crippen molar-refractivity contribution in [1.29, 1.82) is 0 Å². The SMILES string of the molecule is O=C(CSCn1nnc2c(=O)[nH]c(Cc3ccc(F)cc3)nc21)Nc1ccc(F)cc1. The summed E-state index contributed by atoms with van der Waals surface area (Å²) in [6, 6.07) is 11.4. The molecule has 4 rings (SSSR count). The van der Waals surface area contributed by atoms with Gasteiger partial charge in [0.1, 0.15) is 17.5 Å². The number of nitrogens with one attached hydrogen (secondary N) is 2. The van der Waals surface area contributed by atoms with E-state index in [1.165, 1.54) is 52.8 Å². The predicted octanol–water partition coefficient (Wildman–Crippen LogP) is 2.71. The van der Waals surface area contributed by atoms with Gasteiger partial charge in [0.15, 0.2) is 11.2 Å². The van der Waals surface area contributed by atoms with Crippen LogP contribution in [0.15, 0.2) is 53.3 Å². The van der Waals surface area contributed by atoms with Crippen LogP contribution in [0.25, 0.3) is 11.2 Å². The van der Waals surface area contributed by atoms with Crippen LogP contribution in [0.1, 0.15) is 11.4 Å². The second-order valence-corrected chi connectivity index (χ2v) is 7.56. The van der Waals surface area contributed by atoms with E-state index in [0.29, 0.717) is 23.6 Å². The Morgan fingerprint density at radius 2 is 1.74 bits per heavy atom. The Balaban J connectivity index is 1.42. The normalized spacial score (nSPS) is 11.0. The highest BCUT2D eigenvalue weighted by atomic mass is 32.2. The summed E-state index contributed by atoms with van der Waals surface area (Å²) in [4.78, 5) is 31.4. The van der Waals surface area contributed by atoms with E-state index in [1.807, 2.05) is 0 Å². The van der Waals surface area contributed by atoms with Crippen molar-refractivity contribution in [2.45, 2.75) is 12.3 Å². The number of amides is 1. The zero-order chi connectivity index (χ0) is 21.8. The van der Waals surface area contributed by atoms with Gasteiger partial charge in [-0.1, -0.05) is 17.3 Å². The molecule has 0 radical (unpaired) electrons. The topological polar surface area (TPSA) is 106 Å². The lowest BCUT2D eigenvalue weighted by Crippen LogP contribution is -2.15. The van der Waals surface area contributed by atoms with Crippen molar-refractivity contribution in [3.63, 3.8) is 0 Å². The lowest BCUT2D eigenvalue weighted by Gasteiger charge is -2.06. The average molecular weight is 442 g/mol. The van der Waals surface area contributed by atoms with E-state index in [9.17, 15) is 18.4 Å². The molecule has 0 aliphatic carbocycles. The summed E-state index contributed by atoms with van der Waals surface area (Å²) in [5.41, 5.74) is 1.26. The van der Waals surface area contributed by atoms with Gasteiger partial charge in [-0.15, -0.1) is 16.9 Å². The molecule has 0 unspecified atom stereocenters. The third-order valence-corrected chi connectivity index (χ3v) is 5.18. The summed E-state index contributed by atoms with van der Waals surface area (Å²) >= 11 is 1.25. The van der Waals surface area contributed by atoms with Gasteiger partial charge in [-0.2, -0.15) is 0 Å². The highest BCUT2D eigenvalue weighted by Gasteiger charge is 2.13. The maximum Gasteiger partial charge on any atom is 0.281 e. The van der Waals surface area contributed by atoms with Gasteiger partial charge in [-0.3, -0.25) is 9.59 Å². The quantitative estimate of drug-likeness (QED) is 0.456. The highest BCUT2D eigenvalue weighted by Crippen LogP contribution is 2.13. The molecule has 2 aromatic heterocycles. The molecule has 0 bridgehead atoms. The van der Waals surface area contributed by atoms with Crippen LogP contribution in [0.2, 0.25) is 0 Å². The molecule has 0 spiro atoms. The summed E-state index contributed by atoms with van der Waals surface area (Å²) in [6.45, 7) is 0. The lowest BCUT2D eigenvalue weighted by atomic mass is 10.1. The summed E-state index contributed by atoms with van der Waals surface area (Å²) in [7, 11) is 0. The second-order valence-electron chi connectivity index (χ2n) is 6.61. The van der Waals surface area contributed by atoms with Gasteiger partial charge in [0.05, 0.1) is 11.6 Å². The number of fused-ring (bicyclic) bond motifs is 1. The molecular weight excluding hydrogens is 426 g/mol. The van der Waals surface area contributed by atoms with E-state index in [0.717, 1.165) is 5.56 Å². The van der Waals surface area contributed by atoms with Crippen LogP contribution in [0.4, 0.5) is 14.5 Å². The fourth-order valence-electron chi connectivity index (χ4n) is 2.83. The number of carbonyl (C=O) groups is 1. The molecule has 1 amide bonds. The van der Waals surface area contributed by atoms with Crippen LogP contribution >= 0.6 is 11.8 Å². The standard InChI is InChI=1S/C20H16F2N6O2S/c21-13-3-1-12(2-4-13)9-16-24-19-18(20(30)25-16)26-27-28(19)11-31-10-17(29)23-15-7-5-14(22)6-8-15/h1-8H,9-11H2,(H,23,29)(H,24,25,30). The molecule has 0 atom stereocenters. The van der Waals surface area contributed by atoms with E-state index >= 15 is 0 Å². The molecule has 4 aromatic rings. The summed E-state index contributed by atoms with van der Waals surface area (Å²) in [6.07, 6.45) is 0.309. The van der Waals surface area contributed by atoms with E-state index in [-0.39, 0.29) is 34.7 Å². The van der Waals surface area contributed by atoms with Crippen molar-refractivity contribution in [1.82, 2.24) is 25.0 Å². The van der Waals surface area contributed by atoms with Crippen LogP contribution in [0.5, 0.6) is 0 Å². The number of carbonyl (C=O) groups excluding carboxylic acids is 1. The molecule has 31 heavy (non-hydrogen) atoms. The monoisotopic (exact) mass is 442 g/mol. The van der Waals surface area contributed by atoms with Gasteiger partial charge in [0.25, 0.3) is 5.56 Å². The first-order chi connectivity index (χ1) is 15.0. The fourth-order valence-corrected chi connectivity index (χ4v) is 3.53. The predicted molar refractivity (Wildman–Crippen MR) is 113 cm³/mol. The van der Waals surface area contributed by atoms with Gasteiger partial charge in [0.2, 0.25) is 5.91 Å². The maximum absolute atomic E-state index is 13.1. The molecule has 2 heterocycles. The molecule has 8 nitrogen and oxygen atoms in total. The van der Waals surface area contributed by atoms with Crippen molar-refractivity contribution < 1.29 is 13.6 Å². The molecule has 0 saturated carbocycles. The largest absolute Gasteiger partial charge is 0.325 e. The summed E-state index contributed by atoms with van der Waals surface area (Å²) in [5.74, 6) is -0.227. The van der Waals surface area contributed by atoms with E-state index in [4.69, 9.17) is 0 Å². The zero-order valence-electron chi connectivity index (χ0n) is 16.0. The Labute approximate surface area is 178 Å². The van der Waals surface area contributed by atoms with Crippen LogP contribution in [0.3, 0.4) is 0 Å². The number of hydrogen-bond donors (Lipinski definition) is 2. The number of nitrogens with zero attached hydrogens (tertiary/aromatic N) is 4. The zero-order valence-corrected chi connectivity index (χ0v) is 16.8. The van der Waals surface area contributed by atoms with E-state index < -0.39 is 5.56 Å². The minimum Gasteiger partial charge on any atom is -0.325 e. The first-order valence-corrected chi connectivity index (χ1v) is 10.3. The second kappa shape index (κ2) is 9.04. The van der Waals surface area contributed by atoms with Gasteiger partial charge in [-0.05, 0) is 42.0 Å². The number of halogens is 2. The number of thioether (sulfide) groups is 1. The fraction of sp³-hybridized carbons (Fsp3) is 0.150. The Kier molecular flexibility index (Phi) is 6.03. The highest BCUT2D eigenvalue weighted by molar-refractivity contribution is 7.99. The van der Waals surface area contributed by atoms with Gasteiger partial charge in [-0.25, -0.2) is 18.4 Å². The minimum absolute atomic E-state index is 0.0965. The summed E-state index contributed by atoms with van der Waals surface area (Å²) < 4.78 is 27.5. The van der Waals surface area contributed by atoms with Crippen molar-refractivity contribution in [3.8, 4) is 0 Å². The molecule has 158 valence electrons. The molecule has 0 fully saturated rings. The first-order valence-electron chi connectivity index (χ1n) is 9.18. The Morgan fingerprint density at radius 1 is 1.06 bits per heavy atom. The number of aromatic nitrogens is 5. The third-order valence-electron chi connectivity index (χ3n) is 4.28. The molecule has 2 aromatic carbocycles.